The van der Waals surface area contributed by atoms with E-state index in [0.717, 1.165) is 39.3 Å². The lowest BCUT2D eigenvalue weighted by molar-refractivity contribution is 0.0711. The number of halogens is 1. The van der Waals surface area contributed by atoms with Crippen molar-refractivity contribution in [3.05, 3.63) is 20.8 Å². The minimum absolute atomic E-state index is 0.539. The third kappa shape index (κ3) is 4.97. The average molecular weight is 333 g/mol. The summed E-state index contributed by atoms with van der Waals surface area (Å²) in [7, 11) is 2.20. The van der Waals surface area contributed by atoms with E-state index in [4.69, 9.17) is 4.74 Å². The number of thiophene rings is 1. The van der Waals surface area contributed by atoms with Crippen molar-refractivity contribution in [3.63, 3.8) is 0 Å². The van der Waals surface area contributed by atoms with Crippen LogP contribution in [0.5, 0.6) is 0 Å². The van der Waals surface area contributed by atoms with Gasteiger partial charge in [0.05, 0.1) is 17.0 Å². The van der Waals surface area contributed by atoms with Crippen molar-refractivity contribution in [2.45, 2.75) is 18.9 Å². The van der Waals surface area contributed by atoms with Gasteiger partial charge < -0.3 is 15.0 Å². The smallest absolute Gasteiger partial charge is 0.0701 e. The van der Waals surface area contributed by atoms with Gasteiger partial charge in [0.1, 0.15) is 0 Å². The molecule has 18 heavy (non-hydrogen) atoms. The Kier molecular flexibility index (Phi) is 6.11. The van der Waals surface area contributed by atoms with Gasteiger partial charge in [0.2, 0.25) is 0 Å². The number of rotatable bonds is 6. The van der Waals surface area contributed by atoms with Gasteiger partial charge >= 0.3 is 0 Å². The second kappa shape index (κ2) is 7.60. The van der Waals surface area contributed by atoms with Crippen molar-refractivity contribution in [2.24, 2.45) is 0 Å². The van der Waals surface area contributed by atoms with E-state index in [0.29, 0.717) is 6.04 Å². The molecule has 1 aliphatic heterocycles. The van der Waals surface area contributed by atoms with Crippen molar-refractivity contribution in [3.8, 4) is 0 Å². The van der Waals surface area contributed by atoms with Gasteiger partial charge in [0.25, 0.3) is 0 Å². The quantitative estimate of drug-likeness (QED) is 0.865. The predicted octanol–water partition coefficient (Wildman–Crippen LogP) is 2.36. The fourth-order valence-electron chi connectivity index (χ4n) is 2.08. The van der Waals surface area contributed by atoms with E-state index >= 15 is 0 Å². The Balaban J connectivity index is 1.61. The second-order valence-electron chi connectivity index (χ2n) is 4.77. The van der Waals surface area contributed by atoms with Crippen LogP contribution in [0.2, 0.25) is 0 Å². The number of morpholine rings is 1. The van der Waals surface area contributed by atoms with Crippen molar-refractivity contribution in [1.82, 2.24) is 10.2 Å². The van der Waals surface area contributed by atoms with Crippen molar-refractivity contribution >= 4 is 27.3 Å². The SMILES string of the molecule is CN(CCc1ccc(Br)s1)CCC1COCCN1. The second-order valence-corrected chi connectivity index (χ2v) is 7.32. The molecular weight excluding hydrogens is 312 g/mol. The normalized spacial score (nSPS) is 20.5. The van der Waals surface area contributed by atoms with Crippen LogP contribution >= 0.6 is 27.3 Å². The van der Waals surface area contributed by atoms with Crippen molar-refractivity contribution < 1.29 is 4.74 Å². The topological polar surface area (TPSA) is 24.5 Å². The highest BCUT2D eigenvalue weighted by molar-refractivity contribution is 9.11. The number of likely N-dealkylation sites (N-methyl/N-ethyl adjacent to an activating group) is 1. The van der Waals surface area contributed by atoms with E-state index in [1.54, 1.807) is 0 Å². The summed E-state index contributed by atoms with van der Waals surface area (Å²) in [5, 5.41) is 3.50. The van der Waals surface area contributed by atoms with Crippen LogP contribution in [-0.4, -0.2) is 50.8 Å². The molecule has 1 N–H and O–H groups in total. The molecule has 2 heterocycles. The lowest BCUT2D eigenvalue weighted by atomic mass is 10.2. The number of nitrogens with one attached hydrogen (secondary N) is 1. The number of hydrogen-bond donors (Lipinski definition) is 1. The number of nitrogens with zero attached hydrogens (tertiary/aromatic N) is 1. The zero-order valence-electron chi connectivity index (χ0n) is 10.8. The van der Waals surface area contributed by atoms with Crippen LogP contribution in [0.3, 0.4) is 0 Å². The molecule has 0 saturated carbocycles. The predicted molar refractivity (Wildman–Crippen MR) is 80.4 cm³/mol. The molecule has 5 heteroatoms. The van der Waals surface area contributed by atoms with E-state index in [1.165, 1.54) is 15.1 Å². The first-order valence-corrected chi connectivity index (χ1v) is 8.09. The summed E-state index contributed by atoms with van der Waals surface area (Å²) in [6, 6.07) is 4.87. The Morgan fingerprint density at radius 3 is 3.06 bits per heavy atom. The van der Waals surface area contributed by atoms with Crippen LogP contribution in [-0.2, 0) is 11.2 Å². The molecule has 0 aromatic carbocycles. The third-order valence-corrected chi connectivity index (χ3v) is 4.91. The molecule has 1 unspecified atom stereocenters. The summed E-state index contributed by atoms with van der Waals surface area (Å²) >= 11 is 5.34. The molecule has 2 rings (SSSR count). The molecule has 3 nitrogen and oxygen atoms in total. The standard InChI is InChI=1S/C13H21BrN2OS/c1-16(7-4-11-10-17-9-6-15-11)8-5-12-2-3-13(14)18-12/h2-3,11,15H,4-10H2,1H3. The molecule has 1 fully saturated rings. The summed E-state index contributed by atoms with van der Waals surface area (Å²) in [4.78, 5) is 3.86. The Hall–Kier alpha value is 0.0600. The summed E-state index contributed by atoms with van der Waals surface area (Å²) < 4.78 is 6.69. The number of hydrogen-bond acceptors (Lipinski definition) is 4. The zero-order chi connectivity index (χ0) is 12.8. The monoisotopic (exact) mass is 332 g/mol. The molecule has 0 aliphatic carbocycles. The molecule has 1 saturated heterocycles. The van der Waals surface area contributed by atoms with Gasteiger partial charge in [-0.2, -0.15) is 0 Å². The highest BCUT2D eigenvalue weighted by Crippen LogP contribution is 2.22. The lowest BCUT2D eigenvalue weighted by Crippen LogP contribution is -2.43. The van der Waals surface area contributed by atoms with Crippen molar-refractivity contribution in [2.75, 3.05) is 39.9 Å². The Morgan fingerprint density at radius 1 is 1.50 bits per heavy atom. The molecular formula is C13H21BrN2OS. The van der Waals surface area contributed by atoms with Gasteiger partial charge in [0.15, 0.2) is 0 Å². The van der Waals surface area contributed by atoms with Gasteiger partial charge in [-0.25, -0.2) is 0 Å². The van der Waals surface area contributed by atoms with Gasteiger partial charge in [-0.3, -0.25) is 0 Å². The van der Waals surface area contributed by atoms with E-state index in [-0.39, 0.29) is 0 Å². The lowest BCUT2D eigenvalue weighted by Gasteiger charge is -2.26. The van der Waals surface area contributed by atoms with Crippen LogP contribution in [0, 0.1) is 0 Å². The van der Waals surface area contributed by atoms with Crippen LogP contribution in [0.15, 0.2) is 15.9 Å². The number of ether oxygens (including phenoxy) is 1. The molecule has 0 spiro atoms. The van der Waals surface area contributed by atoms with Crippen LogP contribution < -0.4 is 5.32 Å². The molecule has 1 aromatic heterocycles. The average Bonchev–Trinajstić information content (AvgIpc) is 2.81. The van der Waals surface area contributed by atoms with Crippen LogP contribution in [0.4, 0.5) is 0 Å². The molecule has 0 radical (unpaired) electrons. The highest BCUT2D eigenvalue weighted by atomic mass is 79.9. The van der Waals surface area contributed by atoms with E-state index < -0.39 is 0 Å². The first-order chi connectivity index (χ1) is 8.74. The maximum atomic E-state index is 5.46. The Morgan fingerprint density at radius 2 is 2.39 bits per heavy atom. The minimum atomic E-state index is 0.539. The van der Waals surface area contributed by atoms with Gasteiger partial charge in [-0.1, -0.05) is 0 Å². The first kappa shape index (κ1) is 14.5. The maximum absolute atomic E-state index is 5.46. The van der Waals surface area contributed by atoms with Gasteiger partial charge in [0, 0.05) is 24.0 Å². The van der Waals surface area contributed by atoms with Crippen molar-refractivity contribution in [1.29, 1.82) is 0 Å². The molecule has 1 aromatic rings. The highest BCUT2D eigenvalue weighted by Gasteiger charge is 2.13. The molecule has 1 atom stereocenters. The molecule has 0 bridgehead atoms. The summed E-state index contributed by atoms with van der Waals surface area (Å²) in [5.74, 6) is 0. The third-order valence-electron chi connectivity index (χ3n) is 3.23. The van der Waals surface area contributed by atoms with Gasteiger partial charge in [-0.05, 0) is 54.5 Å². The fourth-order valence-corrected chi connectivity index (χ4v) is 3.55. The minimum Gasteiger partial charge on any atom is -0.379 e. The summed E-state index contributed by atoms with van der Waals surface area (Å²) in [5.41, 5.74) is 0. The van der Waals surface area contributed by atoms with Crippen LogP contribution in [0.25, 0.3) is 0 Å². The maximum Gasteiger partial charge on any atom is 0.0701 e. The van der Waals surface area contributed by atoms with E-state index in [1.807, 2.05) is 11.3 Å². The Labute approximate surface area is 122 Å². The van der Waals surface area contributed by atoms with E-state index in [9.17, 15) is 0 Å². The van der Waals surface area contributed by atoms with E-state index in [2.05, 4.69) is 45.3 Å². The van der Waals surface area contributed by atoms with Crippen LogP contribution in [0.1, 0.15) is 11.3 Å². The van der Waals surface area contributed by atoms with Gasteiger partial charge in [-0.15, -0.1) is 11.3 Å². The molecule has 102 valence electrons. The Bertz CT molecular complexity index is 353. The zero-order valence-corrected chi connectivity index (χ0v) is 13.2. The first-order valence-electron chi connectivity index (χ1n) is 6.48. The summed E-state index contributed by atoms with van der Waals surface area (Å²) in [6.07, 6.45) is 2.31. The largest absolute Gasteiger partial charge is 0.379 e. The fraction of sp³-hybridized carbons (Fsp3) is 0.692. The summed E-state index contributed by atoms with van der Waals surface area (Å²) in [6.45, 7) is 4.98. The molecule has 1 aliphatic rings. The molecule has 0 amide bonds.